The summed E-state index contributed by atoms with van der Waals surface area (Å²) in [5.74, 6) is 0.766. The van der Waals surface area contributed by atoms with Gasteiger partial charge in [-0.3, -0.25) is 0 Å². The third kappa shape index (κ3) is 3.87. The maximum absolute atomic E-state index is 11.3. The molecule has 19 heavy (non-hydrogen) atoms. The number of halogens is 1. The van der Waals surface area contributed by atoms with Crippen LogP contribution in [0.1, 0.15) is 5.56 Å². The average molecular weight is 389 g/mol. The smallest absolute Gasteiger partial charge is 0.175 e. The first-order valence-corrected chi connectivity index (χ1v) is 8.42. The van der Waals surface area contributed by atoms with Crippen molar-refractivity contribution in [1.29, 1.82) is 0 Å². The molecule has 1 N–H and O–H groups in total. The largest absolute Gasteiger partial charge is 0.365 e. The summed E-state index contributed by atoms with van der Waals surface area (Å²) in [5.41, 5.74) is 0.988. The number of benzene rings is 1. The number of rotatable bonds is 4. The van der Waals surface area contributed by atoms with Crippen molar-refractivity contribution < 1.29 is 8.42 Å². The lowest BCUT2D eigenvalue weighted by Gasteiger charge is -2.07. The van der Waals surface area contributed by atoms with Crippen molar-refractivity contribution in [2.24, 2.45) is 0 Å². The third-order valence-electron chi connectivity index (χ3n) is 2.48. The van der Waals surface area contributed by atoms with Gasteiger partial charge in [0, 0.05) is 19.0 Å². The Balaban J connectivity index is 2.07. The molecule has 0 spiro atoms. The summed E-state index contributed by atoms with van der Waals surface area (Å²) in [5, 5.41) is 3.18. The average Bonchev–Trinajstić information content (AvgIpc) is 2.37. The minimum Gasteiger partial charge on any atom is -0.365 e. The van der Waals surface area contributed by atoms with Crippen LogP contribution in [0.15, 0.2) is 41.7 Å². The Labute approximate surface area is 125 Å². The molecule has 0 fully saturated rings. The van der Waals surface area contributed by atoms with E-state index in [1.165, 1.54) is 12.6 Å². The van der Waals surface area contributed by atoms with E-state index in [9.17, 15) is 8.42 Å². The molecule has 0 saturated carbocycles. The minimum atomic E-state index is -3.14. The number of hydrogen-bond donors (Lipinski definition) is 1. The summed E-state index contributed by atoms with van der Waals surface area (Å²) in [4.78, 5) is 8.36. The number of nitrogens with one attached hydrogen (secondary N) is 1. The Bertz CT molecular complexity index is 672. The van der Waals surface area contributed by atoms with Gasteiger partial charge in [0.1, 0.15) is 12.1 Å². The van der Waals surface area contributed by atoms with E-state index in [0.29, 0.717) is 11.4 Å². The molecule has 2 aromatic rings. The zero-order valence-corrected chi connectivity index (χ0v) is 13.1. The Hall–Kier alpha value is -1.22. The fourth-order valence-corrected chi connectivity index (χ4v) is 2.60. The summed E-state index contributed by atoms with van der Waals surface area (Å²) in [6.45, 7) is 0.580. The second kappa shape index (κ2) is 5.83. The lowest BCUT2D eigenvalue weighted by Crippen LogP contribution is -2.04. The lowest BCUT2D eigenvalue weighted by atomic mass is 10.2. The van der Waals surface area contributed by atoms with Crippen molar-refractivity contribution in [3.05, 3.63) is 45.9 Å². The van der Waals surface area contributed by atoms with Gasteiger partial charge in [0.15, 0.2) is 9.84 Å². The van der Waals surface area contributed by atoms with Crippen molar-refractivity contribution in [2.75, 3.05) is 11.6 Å². The van der Waals surface area contributed by atoms with E-state index < -0.39 is 9.84 Å². The van der Waals surface area contributed by atoms with Gasteiger partial charge in [0.2, 0.25) is 0 Å². The third-order valence-corrected chi connectivity index (χ3v) is 4.40. The molecule has 0 unspecified atom stereocenters. The molecule has 5 nitrogen and oxygen atoms in total. The zero-order valence-electron chi connectivity index (χ0n) is 10.2. The van der Waals surface area contributed by atoms with Crippen molar-refractivity contribution in [2.45, 2.75) is 11.4 Å². The van der Waals surface area contributed by atoms with Gasteiger partial charge >= 0.3 is 0 Å². The fourth-order valence-electron chi connectivity index (χ4n) is 1.48. The van der Waals surface area contributed by atoms with E-state index in [4.69, 9.17) is 0 Å². The van der Waals surface area contributed by atoms with E-state index in [0.717, 1.165) is 15.0 Å². The van der Waals surface area contributed by atoms with Gasteiger partial charge < -0.3 is 5.32 Å². The number of hydrogen-bond acceptors (Lipinski definition) is 5. The summed E-state index contributed by atoms with van der Waals surface area (Å²) in [6, 6.07) is 6.80. The molecular weight excluding hydrogens is 377 g/mol. The van der Waals surface area contributed by atoms with Crippen LogP contribution >= 0.6 is 22.6 Å². The summed E-state index contributed by atoms with van der Waals surface area (Å²) in [6.07, 6.45) is 4.41. The molecule has 0 radical (unpaired) electrons. The highest BCUT2D eigenvalue weighted by atomic mass is 127. The number of sulfone groups is 1. The molecule has 100 valence electrons. The number of anilines is 1. The van der Waals surface area contributed by atoms with Crippen LogP contribution in [0.2, 0.25) is 0 Å². The molecule has 1 heterocycles. The molecule has 1 aromatic heterocycles. The van der Waals surface area contributed by atoms with Crippen molar-refractivity contribution in [3.8, 4) is 0 Å². The first kappa shape index (κ1) is 14.2. The maximum Gasteiger partial charge on any atom is 0.175 e. The highest BCUT2D eigenvalue weighted by Gasteiger charge is 2.06. The van der Waals surface area contributed by atoms with Gasteiger partial charge in [-0.05, 0) is 40.3 Å². The van der Waals surface area contributed by atoms with Crippen molar-refractivity contribution >= 4 is 38.2 Å². The van der Waals surface area contributed by atoms with Crippen LogP contribution in [0.4, 0.5) is 5.82 Å². The van der Waals surface area contributed by atoms with Crippen LogP contribution in [0.25, 0.3) is 0 Å². The molecule has 0 bridgehead atoms. The van der Waals surface area contributed by atoms with Gasteiger partial charge in [-0.2, -0.15) is 0 Å². The Morgan fingerprint density at radius 1 is 1.26 bits per heavy atom. The number of aromatic nitrogens is 2. The van der Waals surface area contributed by atoms with Gasteiger partial charge in [0.25, 0.3) is 0 Å². The van der Waals surface area contributed by atoms with Crippen molar-refractivity contribution in [1.82, 2.24) is 9.97 Å². The van der Waals surface area contributed by atoms with Crippen LogP contribution < -0.4 is 5.32 Å². The second-order valence-electron chi connectivity index (χ2n) is 3.99. The van der Waals surface area contributed by atoms with E-state index >= 15 is 0 Å². The standard InChI is InChI=1S/C12H12IN3O2S/c1-19(17,18)10-4-2-9(3-5-10)6-15-12-11(13)7-14-8-16-12/h2-5,7-8H,6H2,1H3,(H,14,15,16). The molecule has 2 rings (SSSR count). The molecule has 1 aromatic carbocycles. The van der Waals surface area contributed by atoms with E-state index in [1.54, 1.807) is 30.5 Å². The summed E-state index contributed by atoms with van der Waals surface area (Å²) >= 11 is 2.15. The quantitative estimate of drug-likeness (QED) is 0.811. The highest BCUT2D eigenvalue weighted by molar-refractivity contribution is 14.1. The predicted molar refractivity (Wildman–Crippen MR) is 81.6 cm³/mol. The van der Waals surface area contributed by atoms with E-state index in [2.05, 4.69) is 37.9 Å². The van der Waals surface area contributed by atoms with Crippen LogP contribution in [0.3, 0.4) is 0 Å². The van der Waals surface area contributed by atoms with Gasteiger partial charge in [-0.15, -0.1) is 0 Å². The Morgan fingerprint density at radius 2 is 1.95 bits per heavy atom. The van der Waals surface area contributed by atoms with E-state index in [-0.39, 0.29) is 0 Å². The van der Waals surface area contributed by atoms with Crippen LogP contribution in [-0.4, -0.2) is 24.6 Å². The first-order chi connectivity index (χ1) is 8.97. The summed E-state index contributed by atoms with van der Waals surface area (Å²) in [7, 11) is -3.14. The SMILES string of the molecule is CS(=O)(=O)c1ccc(CNc2ncncc2I)cc1. The van der Waals surface area contributed by atoms with Crippen LogP contribution in [0, 0.1) is 3.57 Å². The number of nitrogens with zero attached hydrogens (tertiary/aromatic N) is 2. The molecule has 0 aliphatic rings. The molecule has 0 saturated heterocycles. The Morgan fingerprint density at radius 3 is 2.53 bits per heavy atom. The van der Waals surface area contributed by atoms with E-state index in [1.807, 2.05) is 0 Å². The molecule has 0 amide bonds. The highest BCUT2D eigenvalue weighted by Crippen LogP contribution is 2.15. The monoisotopic (exact) mass is 389 g/mol. The molecule has 0 aliphatic heterocycles. The molecule has 0 aliphatic carbocycles. The molecular formula is C12H12IN3O2S. The molecule has 0 atom stereocenters. The fraction of sp³-hybridized carbons (Fsp3) is 0.167. The van der Waals surface area contributed by atoms with Gasteiger partial charge in [-0.25, -0.2) is 18.4 Å². The normalized spacial score (nSPS) is 11.3. The zero-order chi connectivity index (χ0) is 13.9. The second-order valence-corrected chi connectivity index (χ2v) is 7.17. The minimum absolute atomic E-state index is 0.327. The Kier molecular flexibility index (Phi) is 4.35. The van der Waals surface area contributed by atoms with Crippen LogP contribution in [0.5, 0.6) is 0 Å². The lowest BCUT2D eigenvalue weighted by molar-refractivity contribution is 0.602. The topological polar surface area (TPSA) is 72.0 Å². The van der Waals surface area contributed by atoms with Gasteiger partial charge in [0.05, 0.1) is 8.47 Å². The molecule has 7 heteroatoms. The van der Waals surface area contributed by atoms with Crippen LogP contribution in [-0.2, 0) is 16.4 Å². The first-order valence-electron chi connectivity index (χ1n) is 5.45. The van der Waals surface area contributed by atoms with Gasteiger partial charge in [-0.1, -0.05) is 12.1 Å². The predicted octanol–water partition coefficient (Wildman–Crippen LogP) is 2.10. The maximum atomic E-state index is 11.3. The van der Waals surface area contributed by atoms with Crippen molar-refractivity contribution in [3.63, 3.8) is 0 Å². The summed E-state index contributed by atoms with van der Waals surface area (Å²) < 4.78 is 23.6.